The van der Waals surface area contributed by atoms with Crippen LogP contribution in [0.15, 0.2) is 29.3 Å². The smallest absolute Gasteiger partial charge is 0.128 e. The van der Waals surface area contributed by atoms with Crippen LogP contribution in [0.25, 0.3) is 0 Å². The largest absolute Gasteiger partial charge is 0.387 e. The third-order valence-electron chi connectivity index (χ3n) is 2.69. The summed E-state index contributed by atoms with van der Waals surface area (Å²) in [5.41, 5.74) is 6.41. The molecular formula is C12H15FN2. The quantitative estimate of drug-likeness (QED) is 0.599. The van der Waals surface area contributed by atoms with Crippen LogP contribution >= 0.6 is 0 Å². The fourth-order valence-electron chi connectivity index (χ4n) is 1.59. The van der Waals surface area contributed by atoms with E-state index in [1.807, 2.05) is 13.0 Å². The molecular weight excluding hydrogens is 191 g/mol. The summed E-state index contributed by atoms with van der Waals surface area (Å²) in [7, 11) is 0. The number of benzene rings is 1. The summed E-state index contributed by atoms with van der Waals surface area (Å²) in [6.45, 7) is 1.87. The van der Waals surface area contributed by atoms with Gasteiger partial charge < -0.3 is 5.73 Å². The van der Waals surface area contributed by atoms with Gasteiger partial charge in [-0.15, -0.1) is 0 Å². The zero-order chi connectivity index (χ0) is 10.8. The summed E-state index contributed by atoms with van der Waals surface area (Å²) in [5, 5.41) is 0. The maximum atomic E-state index is 13.4. The summed E-state index contributed by atoms with van der Waals surface area (Å²) in [5.74, 6) is 0.905. The second-order valence-corrected chi connectivity index (χ2v) is 4.03. The molecule has 2 N–H and O–H groups in total. The van der Waals surface area contributed by atoms with E-state index in [9.17, 15) is 4.39 Å². The summed E-state index contributed by atoms with van der Waals surface area (Å²) >= 11 is 0. The van der Waals surface area contributed by atoms with Gasteiger partial charge in [0, 0.05) is 11.5 Å². The molecule has 1 fully saturated rings. The molecule has 0 aromatic heterocycles. The first kappa shape index (κ1) is 10.1. The monoisotopic (exact) mass is 206 g/mol. The normalized spacial score (nSPS) is 18.9. The lowest BCUT2D eigenvalue weighted by molar-refractivity contribution is 0.593. The predicted molar refractivity (Wildman–Crippen MR) is 59.2 cm³/mol. The average Bonchev–Trinajstić information content (AvgIpc) is 3.01. The maximum Gasteiger partial charge on any atom is 0.128 e. The second kappa shape index (κ2) is 4.01. The van der Waals surface area contributed by atoms with Crippen molar-refractivity contribution in [2.45, 2.75) is 25.8 Å². The van der Waals surface area contributed by atoms with Crippen molar-refractivity contribution >= 4 is 5.84 Å². The molecule has 1 aromatic carbocycles. The molecule has 2 rings (SSSR count). The van der Waals surface area contributed by atoms with Crippen LogP contribution in [0.3, 0.4) is 0 Å². The van der Waals surface area contributed by atoms with E-state index in [0.29, 0.717) is 17.3 Å². The van der Waals surface area contributed by atoms with Gasteiger partial charge in [0.05, 0.1) is 11.9 Å². The first-order chi connectivity index (χ1) is 7.18. The van der Waals surface area contributed by atoms with E-state index >= 15 is 0 Å². The topological polar surface area (TPSA) is 38.4 Å². The number of hydrogen-bond donors (Lipinski definition) is 1. The third kappa shape index (κ3) is 2.35. The van der Waals surface area contributed by atoms with E-state index in [1.54, 1.807) is 12.1 Å². The van der Waals surface area contributed by atoms with Crippen LogP contribution in [-0.2, 0) is 0 Å². The van der Waals surface area contributed by atoms with Gasteiger partial charge in [-0.3, -0.25) is 4.99 Å². The summed E-state index contributed by atoms with van der Waals surface area (Å²) in [6.07, 6.45) is 2.25. The number of amidine groups is 1. The van der Waals surface area contributed by atoms with Gasteiger partial charge in [-0.2, -0.15) is 0 Å². The molecule has 15 heavy (non-hydrogen) atoms. The van der Waals surface area contributed by atoms with Crippen LogP contribution in [-0.4, -0.2) is 5.84 Å². The van der Waals surface area contributed by atoms with Crippen molar-refractivity contribution in [3.8, 4) is 0 Å². The molecule has 80 valence electrons. The minimum Gasteiger partial charge on any atom is -0.387 e. The van der Waals surface area contributed by atoms with Crippen molar-refractivity contribution in [3.05, 3.63) is 35.6 Å². The van der Waals surface area contributed by atoms with Crippen molar-refractivity contribution in [2.75, 3.05) is 0 Å². The second-order valence-electron chi connectivity index (χ2n) is 4.03. The number of aliphatic imine (C=N–C) groups is 1. The fraction of sp³-hybridized carbons (Fsp3) is 0.417. The molecule has 0 spiro atoms. The Hall–Kier alpha value is -1.38. The van der Waals surface area contributed by atoms with Gasteiger partial charge in [-0.25, -0.2) is 4.39 Å². The van der Waals surface area contributed by atoms with E-state index in [1.165, 1.54) is 6.07 Å². The molecule has 0 amide bonds. The molecule has 1 saturated carbocycles. The van der Waals surface area contributed by atoms with Gasteiger partial charge in [-0.05, 0) is 25.8 Å². The van der Waals surface area contributed by atoms with Gasteiger partial charge in [0.25, 0.3) is 0 Å². The van der Waals surface area contributed by atoms with E-state index in [2.05, 4.69) is 4.99 Å². The maximum absolute atomic E-state index is 13.4. The molecule has 1 unspecified atom stereocenters. The van der Waals surface area contributed by atoms with Gasteiger partial charge >= 0.3 is 0 Å². The lowest BCUT2D eigenvalue weighted by atomic mass is 10.1. The molecule has 1 aliphatic carbocycles. The highest BCUT2D eigenvalue weighted by molar-refractivity contribution is 5.85. The minimum absolute atomic E-state index is 0.188. The molecule has 0 radical (unpaired) electrons. The minimum atomic E-state index is -0.211. The summed E-state index contributed by atoms with van der Waals surface area (Å²) in [6, 6.07) is 6.52. The van der Waals surface area contributed by atoms with Crippen molar-refractivity contribution in [1.82, 2.24) is 0 Å². The molecule has 2 nitrogen and oxygen atoms in total. The Labute approximate surface area is 89.0 Å². The van der Waals surface area contributed by atoms with Crippen LogP contribution in [0, 0.1) is 11.7 Å². The Balaban J connectivity index is 2.16. The van der Waals surface area contributed by atoms with Crippen LogP contribution in [0.5, 0.6) is 0 Å². The fourth-order valence-corrected chi connectivity index (χ4v) is 1.59. The van der Waals surface area contributed by atoms with Crippen molar-refractivity contribution < 1.29 is 4.39 Å². The Morgan fingerprint density at radius 1 is 1.47 bits per heavy atom. The van der Waals surface area contributed by atoms with Crippen LogP contribution in [0.1, 0.15) is 31.4 Å². The highest BCUT2D eigenvalue weighted by Gasteiger charge is 2.26. The first-order valence-corrected chi connectivity index (χ1v) is 5.26. The molecule has 0 aliphatic heterocycles. The molecule has 0 bridgehead atoms. The Kier molecular flexibility index (Phi) is 2.71. The molecule has 0 saturated heterocycles. The lowest BCUT2D eigenvalue weighted by Crippen LogP contribution is -2.15. The number of nitrogens with two attached hydrogens (primary N) is 1. The zero-order valence-corrected chi connectivity index (χ0v) is 8.78. The molecule has 3 heteroatoms. The van der Waals surface area contributed by atoms with Crippen molar-refractivity contribution in [3.63, 3.8) is 0 Å². The highest BCUT2D eigenvalue weighted by atomic mass is 19.1. The molecule has 1 aliphatic rings. The SMILES string of the molecule is CC(N=C(N)C1CC1)c1ccccc1F. The predicted octanol–water partition coefficient (Wildman–Crippen LogP) is 2.65. The van der Waals surface area contributed by atoms with E-state index in [4.69, 9.17) is 5.73 Å². The van der Waals surface area contributed by atoms with Gasteiger partial charge in [0.2, 0.25) is 0 Å². The highest BCUT2D eigenvalue weighted by Crippen LogP contribution is 2.30. The molecule has 1 atom stereocenters. The number of hydrogen-bond acceptors (Lipinski definition) is 1. The summed E-state index contributed by atoms with van der Waals surface area (Å²) in [4.78, 5) is 4.32. The number of halogens is 1. The Morgan fingerprint density at radius 3 is 2.73 bits per heavy atom. The van der Waals surface area contributed by atoms with E-state index in [0.717, 1.165) is 12.8 Å². The van der Waals surface area contributed by atoms with Crippen LogP contribution in [0.2, 0.25) is 0 Å². The van der Waals surface area contributed by atoms with Crippen LogP contribution in [0.4, 0.5) is 4.39 Å². The number of nitrogens with zero attached hydrogens (tertiary/aromatic N) is 1. The van der Waals surface area contributed by atoms with E-state index < -0.39 is 0 Å². The number of rotatable bonds is 3. The summed E-state index contributed by atoms with van der Waals surface area (Å²) < 4.78 is 13.4. The average molecular weight is 206 g/mol. The molecule has 0 heterocycles. The Morgan fingerprint density at radius 2 is 2.13 bits per heavy atom. The first-order valence-electron chi connectivity index (χ1n) is 5.26. The Bertz CT molecular complexity index is 383. The van der Waals surface area contributed by atoms with Crippen molar-refractivity contribution in [2.24, 2.45) is 16.6 Å². The standard InChI is InChI=1S/C12H15FN2/c1-8(15-12(14)9-6-7-9)10-4-2-3-5-11(10)13/h2-5,8-9H,6-7H2,1H3,(H2,14,15). The van der Waals surface area contributed by atoms with Gasteiger partial charge in [0.15, 0.2) is 0 Å². The third-order valence-corrected chi connectivity index (χ3v) is 2.69. The van der Waals surface area contributed by atoms with Gasteiger partial charge in [0.1, 0.15) is 5.82 Å². The van der Waals surface area contributed by atoms with Gasteiger partial charge in [-0.1, -0.05) is 18.2 Å². The van der Waals surface area contributed by atoms with Crippen molar-refractivity contribution in [1.29, 1.82) is 0 Å². The van der Waals surface area contributed by atoms with Crippen LogP contribution < -0.4 is 5.73 Å². The zero-order valence-electron chi connectivity index (χ0n) is 8.78. The lowest BCUT2D eigenvalue weighted by Gasteiger charge is -2.09. The van der Waals surface area contributed by atoms with E-state index in [-0.39, 0.29) is 11.9 Å². The molecule has 1 aromatic rings.